The van der Waals surface area contributed by atoms with Crippen LogP contribution in [0.15, 0.2) is 30.7 Å². The molecule has 2 aromatic rings. The molecule has 2 atom stereocenters. The summed E-state index contributed by atoms with van der Waals surface area (Å²) in [6, 6.07) is 4.93. The van der Waals surface area contributed by atoms with E-state index in [1.165, 1.54) is 0 Å². The molecule has 0 bridgehead atoms. The SMILES string of the molecule is Clc1cnc(N[C@H]2CC[C@H](Nc3ccc(I)cn3)C2)cn1. The maximum absolute atomic E-state index is 5.73. The number of hydrogen-bond acceptors (Lipinski definition) is 5. The molecule has 21 heavy (non-hydrogen) atoms. The van der Waals surface area contributed by atoms with Crippen molar-refractivity contribution in [3.05, 3.63) is 39.4 Å². The Labute approximate surface area is 142 Å². The van der Waals surface area contributed by atoms with Crippen molar-refractivity contribution >= 4 is 45.8 Å². The lowest BCUT2D eigenvalue weighted by Gasteiger charge is -2.15. The first-order chi connectivity index (χ1) is 10.2. The number of rotatable bonds is 4. The van der Waals surface area contributed by atoms with E-state index in [2.05, 4.69) is 54.2 Å². The highest BCUT2D eigenvalue weighted by Crippen LogP contribution is 2.25. The van der Waals surface area contributed by atoms with Crippen LogP contribution in [-0.2, 0) is 0 Å². The van der Waals surface area contributed by atoms with Crippen LogP contribution >= 0.6 is 34.2 Å². The zero-order valence-corrected chi connectivity index (χ0v) is 14.2. The van der Waals surface area contributed by atoms with E-state index in [-0.39, 0.29) is 0 Å². The molecule has 0 saturated heterocycles. The molecule has 1 fully saturated rings. The molecule has 0 aromatic carbocycles. The largest absolute Gasteiger partial charge is 0.367 e. The third-order valence-corrected chi connectivity index (χ3v) is 4.32. The van der Waals surface area contributed by atoms with Gasteiger partial charge in [-0.2, -0.15) is 0 Å². The highest BCUT2D eigenvalue weighted by Gasteiger charge is 2.25. The van der Waals surface area contributed by atoms with E-state index < -0.39 is 0 Å². The van der Waals surface area contributed by atoms with Crippen molar-refractivity contribution in [2.75, 3.05) is 10.6 Å². The third kappa shape index (κ3) is 4.16. The van der Waals surface area contributed by atoms with Gasteiger partial charge >= 0.3 is 0 Å². The van der Waals surface area contributed by atoms with Crippen molar-refractivity contribution < 1.29 is 0 Å². The molecule has 1 saturated carbocycles. The van der Waals surface area contributed by atoms with Crippen LogP contribution in [-0.4, -0.2) is 27.0 Å². The first-order valence-corrected chi connectivity index (χ1v) is 8.27. The minimum Gasteiger partial charge on any atom is -0.367 e. The third-order valence-electron chi connectivity index (χ3n) is 3.48. The highest BCUT2D eigenvalue weighted by molar-refractivity contribution is 14.1. The quantitative estimate of drug-likeness (QED) is 0.748. The molecular weight excluding hydrogens is 401 g/mol. The Bertz CT molecular complexity index is 536. The fourth-order valence-electron chi connectivity index (χ4n) is 2.51. The van der Waals surface area contributed by atoms with Crippen LogP contribution in [0.1, 0.15) is 19.3 Å². The van der Waals surface area contributed by atoms with Crippen LogP contribution in [0.25, 0.3) is 0 Å². The van der Waals surface area contributed by atoms with Gasteiger partial charge in [0.25, 0.3) is 0 Å². The van der Waals surface area contributed by atoms with Crippen LogP contribution < -0.4 is 10.6 Å². The second-order valence-electron chi connectivity index (χ2n) is 5.08. The Morgan fingerprint density at radius 3 is 2.29 bits per heavy atom. The maximum atomic E-state index is 5.73. The van der Waals surface area contributed by atoms with Crippen molar-refractivity contribution in [1.82, 2.24) is 15.0 Å². The number of nitrogens with zero attached hydrogens (tertiary/aromatic N) is 3. The van der Waals surface area contributed by atoms with E-state index in [9.17, 15) is 0 Å². The summed E-state index contributed by atoms with van der Waals surface area (Å²) in [5.41, 5.74) is 0. The molecule has 1 aliphatic carbocycles. The van der Waals surface area contributed by atoms with E-state index in [0.29, 0.717) is 17.2 Å². The summed E-state index contributed by atoms with van der Waals surface area (Å²) in [6.45, 7) is 0. The number of aromatic nitrogens is 3. The van der Waals surface area contributed by atoms with Gasteiger partial charge in [-0.25, -0.2) is 15.0 Å². The van der Waals surface area contributed by atoms with Crippen LogP contribution in [0.3, 0.4) is 0 Å². The summed E-state index contributed by atoms with van der Waals surface area (Å²) in [5, 5.41) is 7.29. The van der Waals surface area contributed by atoms with Gasteiger partial charge < -0.3 is 10.6 Å². The van der Waals surface area contributed by atoms with Crippen molar-refractivity contribution in [2.45, 2.75) is 31.3 Å². The Balaban J connectivity index is 1.53. The molecule has 110 valence electrons. The highest BCUT2D eigenvalue weighted by atomic mass is 127. The Kier molecular flexibility index (Phi) is 4.74. The van der Waals surface area contributed by atoms with E-state index >= 15 is 0 Å². The van der Waals surface area contributed by atoms with Gasteiger partial charge in [-0.3, -0.25) is 0 Å². The summed E-state index contributed by atoms with van der Waals surface area (Å²) in [7, 11) is 0. The second kappa shape index (κ2) is 6.74. The van der Waals surface area contributed by atoms with E-state index in [1.807, 2.05) is 12.3 Å². The minimum absolute atomic E-state index is 0.404. The van der Waals surface area contributed by atoms with Gasteiger partial charge in [0.05, 0.1) is 12.4 Å². The number of pyridine rings is 1. The molecule has 3 rings (SSSR count). The van der Waals surface area contributed by atoms with Crippen LogP contribution in [0.4, 0.5) is 11.6 Å². The van der Waals surface area contributed by atoms with Gasteiger partial charge in [-0.15, -0.1) is 0 Å². The number of anilines is 2. The van der Waals surface area contributed by atoms with Crippen LogP contribution in [0.5, 0.6) is 0 Å². The normalized spacial score (nSPS) is 21.2. The molecule has 2 aromatic heterocycles. The van der Waals surface area contributed by atoms with Crippen molar-refractivity contribution in [3.63, 3.8) is 0 Å². The van der Waals surface area contributed by atoms with Gasteiger partial charge in [0.15, 0.2) is 0 Å². The predicted molar refractivity (Wildman–Crippen MR) is 92.7 cm³/mol. The zero-order chi connectivity index (χ0) is 14.7. The van der Waals surface area contributed by atoms with Gasteiger partial charge in [0, 0.05) is 21.9 Å². The molecule has 7 heteroatoms. The molecule has 2 N–H and O–H groups in total. The molecule has 2 heterocycles. The lowest BCUT2D eigenvalue weighted by molar-refractivity contribution is 0.719. The zero-order valence-electron chi connectivity index (χ0n) is 11.3. The lowest BCUT2D eigenvalue weighted by atomic mass is 10.2. The van der Waals surface area contributed by atoms with Crippen molar-refractivity contribution in [2.24, 2.45) is 0 Å². The Hall–Kier alpha value is -1.15. The molecule has 0 amide bonds. The van der Waals surface area contributed by atoms with Crippen LogP contribution in [0, 0.1) is 3.57 Å². The standard InChI is InChI=1S/C14H15ClIN5/c15-12-7-19-14(8-17-12)21-11-3-2-10(5-11)20-13-4-1-9(16)6-18-13/h1,4,6-8,10-11H,2-3,5H2,(H,18,20)(H,19,21)/t10-,11-/m0/s1. The molecule has 0 radical (unpaired) electrons. The summed E-state index contributed by atoms with van der Waals surface area (Å²) >= 11 is 7.99. The Morgan fingerprint density at radius 1 is 0.952 bits per heavy atom. The molecule has 0 aliphatic heterocycles. The number of nitrogens with one attached hydrogen (secondary N) is 2. The predicted octanol–water partition coefficient (Wildman–Crippen LogP) is 3.57. The minimum atomic E-state index is 0.404. The Morgan fingerprint density at radius 2 is 1.67 bits per heavy atom. The monoisotopic (exact) mass is 415 g/mol. The summed E-state index contributed by atoms with van der Waals surface area (Å²) in [5.74, 6) is 1.71. The lowest BCUT2D eigenvalue weighted by Crippen LogP contribution is -2.21. The summed E-state index contributed by atoms with van der Waals surface area (Å²) < 4.78 is 1.14. The van der Waals surface area contributed by atoms with E-state index in [0.717, 1.165) is 34.5 Å². The topological polar surface area (TPSA) is 62.7 Å². The van der Waals surface area contributed by atoms with Crippen molar-refractivity contribution in [1.29, 1.82) is 0 Å². The summed E-state index contributed by atoms with van der Waals surface area (Å²) in [4.78, 5) is 12.6. The van der Waals surface area contributed by atoms with Gasteiger partial charge in [0.2, 0.25) is 0 Å². The van der Waals surface area contributed by atoms with E-state index in [1.54, 1.807) is 12.4 Å². The smallest absolute Gasteiger partial charge is 0.147 e. The van der Waals surface area contributed by atoms with Gasteiger partial charge in [-0.05, 0) is 54.0 Å². The molecule has 5 nitrogen and oxygen atoms in total. The summed E-state index contributed by atoms with van der Waals surface area (Å²) in [6.07, 6.45) is 8.36. The first-order valence-electron chi connectivity index (χ1n) is 6.81. The van der Waals surface area contributed by atoms with Crippen molar-refractivity contribution in [3.8, 4) is 0 Å². The second-order valence-corrected chi connectivity index (χ2v) is 6.71. The average molecular weight is 416 g/mol. The average Bonchev–Trinajstić information content (AvgIpc) is 2.91. The number of halogens is 2. The van der Waals surface area contributed by atoms with Gasteiger partial charge in [-0.1, -0.05) is 11.6 Å². The fourth-order valence-corrected chi connectivity index (χ4v) is 2.93. The van der Waals surface area contributed by atoms with E-state index in [4.69, 9.17) is 11.6 Å². The first kappa shape index (κ1) is 14.8. The maximum Gasteiger partial charge on any atom is 0.147 e. The molecular formula is C14H15ClIN5. The van der Waals surface area contributed by atoms with Gasteiger partial charge in [0.1, 0.15) is 16.8 Å². The number of hydrogen-bond donors (Lipinski definition) is 2. The molecule has 0 spiro atoms. The fraction of sp³-hybridized carbons (Fsp3) is 0.357. The molecule has 0 unspecified atom stereocenters. The molecule has 1 aliphatic rings. The van der Waals surface area contributed by atoms with Crippen LogP contribution in [0.2, 0.25) is 5.15 Å².